The van der Waals surface area contributed by atoms with Crippen molar-refractivity contribution in [2.45, 2.75) is 133 Å². The van der Waals surface area contributed by atoms with Crippen LogP contribution in [0.1, 0.15) is 141 Å². The lowest BCUT2D eigenvalue weighted by Gasteiger charge is -2.23. The maximum Gasteiger partial charge on any atom is 0.338 e. The lowest BCUT2D eigenvalue weighted by atomic mass is 9.82. The average Bonchev–Trinajstić information content (AvgIpc) is 3.81. The van der Waals surface area contributed by atoms with E-state index in [1.165, 1.54) is 67.7 Å². The molecule has 3 nitrogen and oxygen atoms in total. The van der Waals surface area contributed by atoms with Crippen molar-refractivity contribution in [1.29, 1.82) is 0 Å². The topological polar surface area (TPSA) is 43.4 Å². The van der Waals surface area contributed by atoms with E-state index in [0.29, 0.717) is 35.5 Å². The number of ether oxygens (including phenoxy) is 1. The van der Waals surface area contributed by atoms with Crippen molar-refractivity contribution in [3.63, 3.8) is 0 Å². The molecule has 47 heavy (non-hydrogen) atoms. The summed E-state index contributed by atoms with van der Waals surface area (Å²) in [5.41, 5.74) is 8.06. The van der Waals surface area contributed by atoms with Crippen LogP contribution in [0, 0.1) is 39.0 Å². The minimum Gasteiger partial charge on any atom is -0.462 e. The minimum atomic E-state index is -1.10. The van der Waals surface area contributed by atoms with Crippen molar-refractivity contribution in [2.24, 2.45) is 11.3 Å². The highest BCUT2D eigenvalue weighted by Gasteiger charge is 2.23. The number of carbonyl (C=O) groups is 2. The number of halogens is 1. The van der Waals surface area contributed by atoms with E-state index in [-0.39, 0.29) is 11.8 Å². The summed E-state index contributed by atoms with van der Waals surface area (Å²) in [5, 5.41) is 0. The number of benzene rings is 3. The van der Waals surface area contributed by atoms with Gasteiger partial charge < -0.3 is 4.74 Å². The standard InChI is InChI=1S/C18H30.C14H16O3.C11H15F/c1-6-12-18(4,5)13-8-7-9-17-11-10-15(2)16(3)14-17;1-9-7-12(5-6-13(9)10(2)15)14(16)17-8-11-3-4-11;1-9-4-6-10(7-5-9)8-11(2,3)12/h10-11,14H,6-9,12-13H2,1-5H3;5-7,11H,3-4,8H2,1-2H3;4-7H,8H2,1-3H3. The molecule has 1 fully saturated rings. The summed E-state index contributed by atoms with van der Waals surface area (Å²) < 4.78 is 18.4. The summed E-state index contributed by atoms with van der Waals surface area (Å²) in [6.45, 7) is 20.6. The van der Waals surface area contributed by atoms with Gasteiger partial charge in [0.15, 0.2) is 5.78 Å². The Morgan fingerprint density at radius 2 is 1.43 bits per heavy atom. The van der Waals surface area contributed by atoms with Crippen LogP contribution in [0.3, 0.4) is 0 Å². The monoisotopic (exact) mass is 644 g/mol. The molecule has 0 heterocycles. The van der Waals surface area contributed by atoms with E-state index in [2.05, 4.69) is 52.8 Å². The maximum absolute atomic E-state index is 13.2. The Morgan fingerprint density at radius 1 is 0.787 bits per heavy atom. The fourth-order valence-electron chi connectivity index (χ4n) is 5.63. The Kier molecular flexibility index (Phi) is 16.1. The van der Waals surface area contributed by atoms with Gasteiger partial charge in [-0.15, -0.1) is 0 Å². The summed E-state index contributed by atoms with van der Waals surface area (Å²) >= 11 is 0. The summed E-state index contributed by atoms with van der Waals surface area (Å²) in [6, 6.07) is 19.9. The van der Waals surface area contributed by atoms with Gasteiger partial charge in [0.1, 0.15) is 5.67 Å². The van der Waals surface area contributed by atoms with Crippen LogP contribution in [0.5, 0.6) is 0 Å². The summed E-state index contributed by atoms with van der Waals surface area (Å²) in [7, 11) is 0. The SMILES string of the molecule is CC(=O)c1ccc(C(=O)OCC2CC2)cc1C.CCCC(C)(C)CCCCc1ccc(C)c(C)c1.Cc1ccc(CC(C)(C)F)cc1. The number of alkyl halides is 1. The van der Waals surface area contributed by atoms with Crippen LogP contribution in [0.25, 0.3) is 0 Å². The molecule has 3 aromatic rings. The zero-order valence-electron chi connectivity index (χ0n) is 31.0. The molecule has 0 aromatic heterocycles. The van der Waals surface area contributed by atoms with Crippen molar-refractivity contribution in [1.82, 2.24) is 0 Å². The molecular formula is C43H61FO3. The molecule has 0 atom stereocenters. The maximum atomic E-state index is 13.2. The number of esters is 1. The fourth-order valence-corrected chi connectivity index (χ4v) is 5.63. The third kappa shape index (κ3) is 16.4. The van der Waals surface area contributed by atoms with Crippen molar-refractivity contribution in [3.05, 3.63) is 105 Å². The predicted octanol–water partition coefficient (Wildman–Crippen LogP) is 11.9. The summed E-state index contributed by atoms with van der Waals surface area (Å²) in [5.74, 6) is 0.284. The molecule has 0 aliphatic heterocycles. The molecule has 0 unspecified atom stereocenters. The third-order valence-electron chi connectivity index (χ3n) is 8.80. The molecule has 4 heteroatoms. The number of unbranched alkanes of at least 4 members (excludes halogenated alkanes) is 1. The second-order valence-electron chi connectivity index (χ2n) is 15.0. The van der Waals surface area contributed by atoms with Crippen LogP contribution in [-0.2, 0) is 17.6 Å². The second-order valence-corrected chi connectivity index (χ2v) is 15.0. The summed E-state index contributed by atoms with van der Waals surface area (Å²) in [6.07, 6.45) is 10.8. The van der Waals surface area contributed by atoms with Gasteiger partial charge in [-0.2, -0.15) is 0 Å². The van der Waals surface area contributed by atoms with E-state index >= 15 is 0 Å². The average molecular weight is 645 g/mol. The van der Waals surface area contributed by atoms with Gasteiger partial charge >= 0.3 is 5.97 Å². The van der Waals surface area contributed by atoms with Gasteiger partial charge in [-0.3, -0.25) is 4.79 Å². The van der Waals surface area contributed by atoms with Gasteiger partial charge in [-0.25, -0.2) is 9.18 Å². The molecule has 0 amide bonds. The molecule has 258 valence electrons. The lowest BCUT2D eigenvalue weighted by molar-refractivity contribution is 0.0485. The molecule has 0 bridgehead atoms. The molecule has 1 aliphatic rings. The predicted molar refractivity (Wildman–Crippen MR) is 196 cm³/mol. The lowest BCUT2D eigenvalue weighted by Crippen LogP contribution is -2.15. The van der Waals surface area contributed by atoms with Crippen LogP contribution >= 0.6 is 0 Å². The number of hydrogen-bond acceptors (Lipinski definition) is 3. The van der Waals surface area contributed by atoms with Crippen molar-refractivity contribution < 1.29 is 18.7 Å². The van der Waals surface area contributed by atoms with E-state index in [1.807, 2.05) is 38.1 Å². The molecule has 3 aromatic carbocycles. The quantitative estimate of drug-likeness (QED) is 0.106. The van der Waals surface area contributed by atoms with Crippen molar-refractivity contribution >= 4 is 11.8 Å². The first-order valence-electron chi connectivity index (χ1n) is 17.6. The Hall–Kier alpha value is -3.27. The van der Waals surface area contributed by atoms with Gasteiger partial charge in [-0.1, -0.05) is 87.7 Å². The van der Waals surface area contributed by atoms with Crippen LogP contribution in [0.15, 0.2) is 60.7 Å². The molecule has 0 saturated heterocycles. The van der Waals surface area contributed by atoms with Gasteiger partial charge in [0.25, 0.3) is 0 Å². The number of rotatable bonds is 13. The normalized spacial score (nSPS) is 12.7. The Balaban J connectivity index is 0.000000250. The first-order chi connectivity index (χ1) is 22.0. The molecular weight excluding hydrogens is 583 g/mol. The van der Waals surface area contributed by atoms with Gasteiger partial charge in [0.05, 0.1) is 12.2 Å². The van der Waals surface area contributed by atoms with E-state index in [1.54, 1.807) is 32.0 Å². The van der Waals surface area contributed by atoms with Gasteiger partial charge in [-0.05, 0) is 138 Å². The molecule has 0 N–H and O–H groups in total. The molecule has 1 saturated carbocycles. The minimum absolute atomic E-state index is 0.0143. The molecule has 1 aliphatic carbocycles. The number of ketones is 1. The molecule has 0 radical (unpaired) electrons. The van der Waals surface area contributed by atoms with Gasteiger partial charge in [0, 0.05) is 12.0 Å². The Labute approximate surface area is 285 Å². The van der Waals surface area contributed by atoms with Crippen LogP contribution < -0.4 is 0 Å². The van der Waals surface area contributed by atoms with Crippen LogP contribution in [0.4, 0.5) is 4.39 Å². The first-order valence-corrected chi connectivity index (χ1v) is 17.6. The number of carbonyl (C=O) groups excluding carboxylic acids is 2. The number of Topliss-reactive ketones (excluding diaryl/α,β-unsaturated/α-hetero) is 1. The Bertz CT molecular complexity index is 1410. The first kappa shape index (κ1) is 39.9. The molecule has 4 rings (SSSR count). The van der Waals surface area contributed by atoms with Crippen LogP contribution in [-0.4, -0.2) is 24.0 Å². The van der Waals surface area contributed by atoms with E-state index in [4.69, 9.17) is 4.74 Å². The highest BCUT2D eigenvalue weighted by atomic mass is 19.1. The highest BCUT2D eigenvalue weighted by molar-refractivity contribution is 5.97. The zero-order chi connectivity index (χ0) is 35.2. The van der Waals surface area contributed by atoms with Crippen LogP contribution in [0.2, 0.25) is 0 Å². The van der Waals surface area contributed by atoms with Crippen molar-refractivity contribution in [2.75, 3.05) is 6.61 Å². The highest BCUT2D eigenvalue weighted by Crippen LogP contribution is 2.30. The number of hydrogen-bond donors (Lipinski definition) is 0. The van der Waals surface area contributed by atoms with Gasteiger partial charge in [0.2, 0.25) is 0 Å². The molecule has 0 spiro atoms. The fraction of sp³-hybridized carbons (Fsp3) is 0.535. The Morgan fingerprint density at radius 3 is 1.96 bits per heavy atom. The van der Waals surface area contributed by atoms with Crippen molar-refractivity contribution in [3.8, 4) is 0 Å². The second kappa shape index (κ2) is 18.9. The van der Waals surface area contributed by atoms with E-state index in [9.17, 15) is 14.0 Å². The third-order valence-corrected chi connectivity index (χ3v) is 8.80. The van der Waals surface area contributed by atoms with E-state index < -0.39 is 5.67 Å². The largest absolute Gasteiger partial charge is 0.462 e. The zero-order valence-corrected chi connectivity index (χ0v) is 31.0. The number of aryl methyl sites for hydroxylation is 5. The van der Waals surface area contributed by atoms with E-state index in [0.717, 1.165) is 24.0 Å². The smallest absolute Gasteiger partial charge is 0.338 e. The summed E-state index contributed by atoms with van der Waals surface area (Å²) in [4.78, 5) is 23.0.